The third kappa shape index (κ3) is 1.48. The normalized spacial score (nSPS) is 10.5. The molecule has 0 N–H and O–H groups in total. The van der Waals surface area contributed by atoms with E-state index in [-0.39, 0.29) is 17.0 Å². The molecule has 0 saturated heterocycles. The minimum Gasteiger partial charge on any atom is -0.860 e. The fourth-order valence-corrected chi connectivity index (χ4v) is 1.80. The van der Waals surface area contributed by atoms with Crippen molar-refractivity contribution in [1.29, 1.82) is 0 Å². The summed E-state index contributed by atoms with van der Waals surface area (Å²) in [5.41, 5.74) is -0.0329. The molecule has 0 bridgehead atoms. The number of aromatic nitrogens is 2. The zero-order valence-electron chi connectivity index (χ0n) is 8.53. The van der Waals surface area contributed by atoms with E-state index in [0.717, 1.165) is 0 Å². The van der Waals surface area contributed by atoms with Crippen LogP contribution < -0.4 is 10.7 Å². The van der Waals surface area contributed by atoms with Crippen molar-refractivity contribution in [3.05, 3.63) is 20.7 Å². The van der Waals surface area contributed by atoms with Crippen molar-refractivity contribution in [3.8, 4) is 5.88 Å². The lowest BCUT2D eigenvalue weighted by Crippen LogP contribution is -2.28. The van der Waals surface area contributed by atoms with Gasteiger partial charge < -0.3 is 9.67 Å². The van der Waals surface area contributed by atoms with Crippen LogP contribution in [0.3, 0.4) is 0 Å². The minimum atomic E-state index is -0.271. The first-order valence-electron chi connectivity index (χ1n) is 4.55. The van der Waals surface area contributed by atoms with Crippen LogP contribution in [0.2, 0.25) is 0 Å². The Morgan fingerprint density at radius 3 is 2.21 bits per heavy atom. The van der Waals surface area contributed by atoms with Crippen molar-refractivity contribution in [3.63, 3.8) is 0 Å². The Morgan fingerprint density at radius 2 is 1.79 bits per heavy atom. The number of nitrogens with zero attached hydrogens (tertiary/aromatic N) is 2. The molecule has 0 aliphatic heterocycles. The van der Waals surface area contributed by atoms with E-state index >= 15 is 0 Å². The summed E-state index contributed by atoms with van der Waals surface area (Å²) in [4.78, 5) is 11.6. The van der Waals surface area contributed by atoms with Crippen LogP contribution in [-0.4, -0.2) is 9.13 Å². The van der Waals surface area contributed by atoms with Gasteiger partial charge in [-0.2, -0.15) is 0 Å². The molecule has 0 unspecified atom stereocenters. The van der Waals surface area contributed by atoms with Gasteiger partial charge >= 0.3 is 0 Å². The molecule has 1 aromatic heterocycles. The lowest BCUT2D eigenvalue weighted by Gasteiger charge is -2.20. The van der Waals surface area contributed by atoms with Crippen LogP contribution in [0.4, 0.5) is 0 Å². The van der Waals surface area contributed by atoms with Gasteiger partial charge in [0.15, 0.2) is 4.77 Å². The molecular formula is C9H13N2O2S-. The lowest BCUT2D eigenvalue weighted by molar-refractivity contribution is -0.281. The van der Waals surface area contributed by atoms with E-state index in [0.29, 0.717) is 17.9 Å². The highest BCUT2D eigenvalue weighted by Gasteiger charge is 2.05. The van der Waals surface area contributed by atoms with Crippen LogP contribution in [0.15, 0.2) is 4.79 Å². The summed E-state index contributed by atoms with van der Waals surface area (Å²) in [6.45, 7) is 6.21. The van der Waals surface area contributed by atoms with Crippen LogP contribution >= 0.6 is 12.2 Å². The Kier molecular flexibility index (Phi) is 3.10. The molecule has 0 aromatic carbocycles. The average Bonchev–Trinajstić information content (AvgIpc) is 2.16. The van der Waals surface area contributed by atoms with Crippen LogP contribution in [0.5, 0.6) is 5.88 Å². The van der Waals surface area contributed by atoms with Gasteiger partial charge in [0.05, 0.1) is 0 Å². The number of hydrogen-bond acceptors (Lipinski definition) is 3. The molecule has 1 aromatic rings. The van der Waals surface area contributed by atoms with Gasteiger partial charge in [0.1, 0.15) is 0 Å². The fourth-order valence-electron chi connectivity index (χ4n) is 1.37. The second-order valence-electron chi connectivity index (χ2n) is 3.01. The maximum Gasteiger partial charge on any atom is 0.256 e. The van der Waals surface area contributed by atoms with Crippen LogP contribution in [0, 0.1) is 11.7 Å². The zero-order chi connectivity index (χ0) is 10.9. The molecule has 1 rings (SSSR count). The topological polar surface area (TPSA) is 50.0 Å². The molecular weight excluding hydrogens is 200 g/mol. The van der Waals surface area contributed by atoms with Gasteiger partial charge in [-0.1, -0.05) is 0 Å². The summed E-state index contributed by atoms with van der Waals surface area (Å²) in [7, 11) is 0. The summed E-state index contributed by atoms with van der Waals surface area (Å²) < 4.78 is 3.20. The van der Waals surface area contributed by atoms with Crippen molar-refractivity contribution in [1.82, 2.24) is 9.13 Å². The van der Waals surface area contributed by atoms with Gasteiger partial charge in [0.25, 0.3) is 5.56 Å². The number of rotatable bonds is 2. The van der Waals surface area contributed by atoms with E-state index in [4.69, 9.17) is 12.2 Å². The van der Waals surface area contributed by atoms with Crippen molar-refractivity contribution in [2.75, 3.05) is 0 Å². The standard InChI is InChI=1S/C9H14N2O2S/c1-4-10-7(12)6(3)8(13)11(5-2)9(10)14/h12H,4-5H2,1-3H3/p-1. The predicted octanol–water partition coefficient (Wildman–Crippen LogP) is 0.801. The van der Waals surface area contributed by atoms with E-state index in [1.54, 1.807) is 0 Å². The molecule has 78 valence electrons. The van der Waals surface area contributed by atoms with Gasteiger partial charge in [0, 0.05) is 18.7 Å². The molecule has 1 heterocycles. The molecule has 0 atom stereocenters. The van der Waals surface area contributed by atoms with E-state index in [9.17, 15) is 9.90 Å². The quantitative estimate of drug-likeness (QED) is 0.683. The molecule has 4 nitrogen and oxygen atoms in total. The Labute approximate surface area is 87.4 Å². The van der Waals surface area contributed by atoms with Crippen LogP contribution in [0.1, 0.15) is 19.4 Å². The Morgan fingerprint density at radius 1 is 1.29 bits per heavy atom. The van der Waals surface area contributed by atoms with Crippen molar-refractivity contribution < 1.29 is 5.11 Å². The maximum absolute atomic E-state index is 11.6. The fraction of sp³-hybridized carbons (Fsp3) is 0.556. The molecule has 0 aliphatic rings. The SMILES string of the molecule is CCn1c([O-])c(C)c(=O)n(CC)c1=S. The van der Waals surface area contributed by atoms with Gasteiger partial charge in [-0.05, 0) is 38.9 Å². The minimum absolute atomic E-state index is 0.238. The molecule has 0 saturated carbocycles. The smallest absolute Gasteiger partial charge is 0.256 e. The molecule has 5 heteroatoms. The maximum atomic E-state index is 11.6. The molecule has 14 heavy (non-hydrogen) atoms. The first-order chi connectivity index (χ1) is 6.54. The van der Waals surface area contributed by atoms with Crippen LogP contribution in [0.25, 0.3) is 0 Å². The van der Waals surface area contributed by atoms with Gasteiger partial charge in [-0.3, -0.25) is 9.36 Å². The summed E-state index contributed by atoms with van der Waals surface area (Å²) in [6.07, 6.45) is 0. The first kappa shape index (κ1) is 11.0. The average molecular weight is 213 g/mol. The zero-order valence-corrected chi connectivity index (χ0v) is 9.35. The van der Waals surface area contributed by atoms with E-state index in [2.05, 4.69) is 0 Å². The highest BCUT2D eigenvalue weighted by molar-refractivity contribution is 7.71. The monoisotopic (exact) mass is 213 g/mol. The molecule has 0 aliphatic carbocycles. The first-order valence-corrected chi connectivity index (χ1v) is 4.96. The highest BCUT2D eigenvalue weighted by Crippen LogP contribution is 2.08. The van der Waals surface area contributed by atoms with E-state index in [1.165, 1.54) is 16.1 Å². The van der Waals surface area contributed by atoms with Crippen molar-refractivity contribution in [2.45, 2.75) is 33.9 Å². The Bertz CT molecular complexity index is 459. The Balaban J connectivity index is 3.74. The summed E-state index contributed by atoms with van der Waals surface area (Å²) in [5.74, 6) is -0.271. The van der Waals surface area contributed by atoms with Gasteiger partial charge in [-0.25, -0.2) is 0 Å². The van der Waals surface area contributed by atoms with Gasteiger partial charge in [0.2, 0.25) is 0 Å². The van der Waals surface area contributed by atoms with E-state index < -0.39 is 0 Å². The van der Waals surface area contributed by atoms with Crippen molar-refractivity contribution in [2.24, 2.45) is 0 Å². The lowest BCUT2D eigenvalue weighted by atomic mass is 10.3. The second kappa shape index (κ2) is 3.96. The third-order valence-electron chi connectivity index (χ3n) is 2.23. The largest absolute Gasteiger partial charge is 0.860 e. The van der Waals surface area contributed by atoms with Crippen LogP contribution in [-0.2, 0) is 13.1 Å². The molecule has 0 amide bonds. The Hall–Kier alpha value is -1.10. The molecule has 0 spiro atoms. The van der Waals surface area contributed by atoms with Gasteiger partial charge in [-0.15, -0.1) is 0 Å². The molecule has 0 fully saturated rings. The third-order valence-corrected chi connectivity index (χ3v) is 2.67. The molecule has 0 radical (unpaired) electrons. The second-order valence-corrected chi connectivity index (χ2v) is 3.37. The summed E-state index contributed by atoms with van der Waals surface area (Å²) >= 11 is 5.05. The van der Waals surface area contributed by atoms with E-state index in [1.807, 2.05) is 13.8 Å². The number of hydrogen-bond donors (Lipinski definition) is 0. The predicted molar refractivity (Wildman–Crippen MR) is 55.1 cm³/mol. The summed E-state index contributed by atoms with van der Waals surface area (Å²) in [6, 6.07) is 0. The highest BCUT2D eigenvalue weighted by atomic mass is 32.1. The van der Waals surface area contributed by atoms with Crippen molar-refractivity contribution >= 4 is 12.2 Å². The summed E-state index contributed by atoms with van der Waals surface area (Å²) in [5, 5.41) is 11.6.